The molecule has 2 aromatic carbocycles. The van der Waals surface area contributed by atoms with Crippen molar-refractivity contribution in [2.75, 3.05) is 13.1 Å². The molecule has 136 valence electrons. The van der Waals surface area contributed by atoms with Gasteiger partial charge in [0.2, 0.25) is 0 Å². The van der Waals surface area contributed by atoms with Gasteiger partial charge in [-0.1, -0.05) is 67.1 Å². The zero-order chi connectivity index (χ0) is 17.7. The van der Waals surface area contributed by atoms with Gasteiger partial charge in [-0.25, -0.2) is 0 Å². The fraction of sp³-hybridized carbons (Fsp3) is 0.478. The van der Waals surface area contributed by atoms with Crippen LogP contribution in [0.5, 0.6) is 0 Å². The monoisotopic (exact) mass is 338 g/mol. The van der Waals surface area contributed by atoms with Gasteiger partial charge in [0.15, 0.2) is 0 Å². The van der Waals surface area contributed by atoms with Crippen molar-refractivity contribution in [2.45, 2.75) is 58.0 Å². The molecule has 0 amide bonds. The average Bonchev–Trinajstić information content (AvgIpc) is 2.62. The van der Waals surface area contributed by atoms with Gasteiger partial charge in [0, 0.05) is 12.1 Å². The van der Waals surface area contributed by atoms with Crippen LogP contribution in [-0.2, 0) is 12.8 Å². The lowest BCUT2D eigenvalue weighted by atomic mass is 10.1. The summed E-state index contributed by atoms with van der Waals surface area (Å²) >= 11 is 0. The summed E-state index contributed by atoms with van der Waals surface area (Å²) in [5, 5.41) is 7.29. The highest BCUT2D eigenvalue weighted by atomic mass is 14.9. The van der Waals surface area contributed by atoms with Crippen molar-refractivity contribution < 1.29 is 0 Å². The Morgan fingerprint density at radius 2 is 1.00 bits per heavy atom. The normalized spacial score (nSPS) is 13.5. The molecule has 0 radical (unpaired) electrons. The third kappa shape index (κ3) is 8.85. The Morgan fingerprint density at radius 1 is 0.600 bits per heavy atom. The van der Waals surface area contributed by atoms with Gasteiger partial charge in [-0.3, -0.25) is 0 Å². The third-order valence-corrected chi connectivity index (χ3v) is 4.61. The molecule has 0 aliphatic carbocycles. The van der Waals surface area contributed by atoms with Crippen molar-refractivity contribution in [1.29, 1.82) is 0 Å². The van der Waals surface area contributed by atoms with E-state index < -0.39 is 0 Å². The van der Waals surface area contributed by atoms with Crippen LogP contribution in [0.4, 0.5) is 0 Å². The summed E-state index contributed by atoms with van der Waals surface area (Å²) < 4.78 is 0. The van der Waals surface area contributed by atoms with Gasteiger partial charge in [0.1, 0.15) is 0 Å². The van der Waals surface area contributed by atoms with Crippen molar-refractivity contribution in [2.24, 2.45) is 0 Å². The fourth-order valence-corrected chi connectivity index (χ4v) is 3.20. The topological polar surface area (TPSA) is 24.1 Å². The fourth-order valence-electron chi connectivity index (χ4n) is 3.20. The zero-order valence-corrected chi connectivity index (χ0v) is 15.9. The Bertz CT molecular complexity index is 501. The molecular weight excluding hydrogens is 304 g/mol. The lowest BCUT2D eigenvalue weighted by molar-refractivity contribution is 0.494. The Labute approximate surface area is 154 Å². The number of rotatable bonds is 12. The van der Waals surface area contributed by atoms with Crippen LogP contribution in [0.2, 0.25) is 0 Å². The second-order valence-corrected chi connectivity index (χ2v) is 7.15. The maximum Gasteiger partial charge on any atom is 0.00791 e. The van der Waals surface area contributed by atoms with Crippen LogP contribution in [0.1, 0.15) is 44.2 Å². The Morgan fingerprint density at radius 3 is 1.40 bits per heavy atom. The summed E-state index contributed by atoms with van der Waals surface area (Å²) in [6.07, 6.45) is 6.02. The van der Waals surface area contributed by atoms with Crippen LogP contribution >= 0.6 is 0 Å². The van der Waals surface area contributed by atoms with E-state index in [1.165, 1.54) is 30.4 Å². The van der Waals surface area contributed by atoms with Crippen LogP contribution in [0.3, 0.4) is 0 Å². The van der Waals surface area contributed by atoms with E-state index in [-0.39, 0.29) is 0 Å². The minimum absolute atomic E-state index is 0.548. The summed E-state index contributed by atoms with van der Waals surface area (Å²) in [5.41, 5.74) is 2.83. The molecule has 2 nitrogen and oxygen atoms in total. The molecule has 2 atom stereocenters. The summed E-state index contributed by atoms with van der Waals surface area (Å²) in [4.78, 5) is 0. The molecule has 0 bridgehead atoms. The van der Waals surface area contributed by atoms with Crippen LogP contribution in [0, 0.1) is 0 Å². The Kier molecular flexibility index (Phi) is 9.32. The molecule has 0 spiro atoms. The van der Waals surface area contributed by atoms with Crippen molar-refractivity contribution in [3.05, 3.63) is 71.8 Å². The first-order chi connectivity index (χ1) is 12.2. The van der Waals surface area contributed by atoms with Gasteiger partial charge in [-0.2, -0.15) is 0 Å². The van der Waals surface area contributed by atoms with Gasteiger partial charge >= 0.3 is 0 Å². The zero-order valence-electron chi connectivity index (χ0n) is 15.9. The van der Waals surface area contributed by atoms with Crippen LogP contribution in [0.15, 0.2) is 60.7 Å². The van der Waals surface area contributed by atoms with E-state index in [0.29, 0.717) is 12.1 Å². The molecule has 25 heavy (non-hydrogen) atoms. The van der Waals surface area contributed by atoms with Crippen molar-refractivity contribution >= 4 is 0 Å². The first-order valence-electron chi connectivity index (χ1n) is 9.78. The molecule has 2 N–H and O–H groups in total. The predicted octanol–water partition coefficient (Wildman–Crippen LogP) is 4.60. The molecule has 0 heterocycles. The highest BCUT2D eigenvalue weighted by molar-refractivity contribution is 5.16. The Balaban J connectivity index is 1.45. The minimum Gasteiger partial charge on any atom is -0.314 e. The molecule has 0 fully saturated rings. The molecule has 0 saturated carbocycles. The van der Waals surface area contributed by atoms with E-state index in [9.17, 15) is 0 Å². The van der Waals surface area contributed by atoms with E-state index in [1.807, 2.05) is 0 Å². The van der Waals surface area contributed by atoms with Crippen molar-refractivity contribution in [3.63, 3.8) is 0 Å². The van der Waals surface area contributed by atoms with Crippen molar-refractivity contribution in [3.8, 4) is 0 Å². The predicted molar refractivity (Wildman–Crippen MR) is 109 cm³/mol. The van der Waals surface area contributed by atoms with E-state index in [0.717, 1.165) is 25.9 Å². The van der Waals surface area contributed by atoms with E-state index in [1.54, 1.807) is 0 Å². The van der Waals surface area contributed by atoms with Gasteiger partial charge in [0.25, 0.3) is 0 Å². The van der Waals surface area contributed by atoms with E-state index in [4.69, 9.17) is 0 Å². The molecule has 0 aliphatic heterocycles. The summed E-state index contributed by atoms with van der Waals surface area (Å²) in [7, 11) is 0. The first kappa shape index (κ1) is 19.7. The minimum atomic E-state index is 0.548. The van der Waals surface area contributed by atoms with Crippen LogP contribution in [0.25, 0.3) is 0 Å². The van der Waals surface area contributed by atoms with Crippen LogP contribution in [-0.4, -0.2) is 25.2 Å². The lowest BCUT2D eigenvalue weighted by Gasteiger charge is -2.15. The summed E-state index contributed by atoms with van der Waals surface area (Å²) in [6.45, 7) is 6.79. The molecule has 0 saturated heterocycles. The summed E-state index contributed by atoms with van der Waals surface area (Å²) in [6, 6.07) is 22.6. The van der Waals surface area contributed by atoms with Crippen LogP contribution < -0.4 is 10.6 Å². The number of unbranched alkanes of at least 4 members (excludes halogenated alkanes) is 2. The first-order valence-corrected chi connectivity index (χ1v) is 9.78. The molecule has 2 aromatic rings. The molecule has 0 aliphatic rings. The van der Waals surface area contributed by atoms with Gasteiger partial charge in [-0.15, -0.1) is 0 Å². The second-order valence-electron chi connectivity index (χ2n) is 7.15. The SMILES string of the molecule is C[C@@H](Cc1ccccc1)NCCCCCN[C@@H](C)Cc1ccccc1. The van der Waals surface area contributed by atoms with Crippen molar-refractivity contribution in [1.82, 2.24) is 10.6 Å². The maximum atomic E-state index is 3.64. The largest absolute Gasteiger partial charge is 0.314 e. The van der Waals surface area contributed by atoms with Gasteiger partial charge < -0.3 is 10.6 Å². The molecule has 0 aromatic heterocycles. The highest BCUT2D eigenvalue weighted by Crippen LogP contribution is 2.04. The number of hydrogen-bond acceptors (Lipinski definition) is 2. The molecule has 2 heteroatoms. The van der Waals surface area contributed by atoms with Gasteiger partial charge in [0.05, 0.1) is 0 Å². The standard InChI is InChI=1S/C23H34N2/c1-20(18-22-12-6-3-7-13-22)24-16-10-5-11-17-25-21(2)19-23-14-8-4-9-15-23/h3-4,6-9,12-15,20-21,24-25H,5,10-11,16-19H2,1-2H3/t20-,21-/m0/s1. The highest BCUT2D eigenvalue weighted by Gasteiger charge is 2.03. The lowest BCUT2D eigenvalue weighted by Crippen LogP contribution is -2.30. The number of benzene rings is 2. The maximum absolute atomic E-state index is 3.64. The average molecular weight is 339 g/mol. The van der Waals surface area contributed by atoms with E-state index >= 15 is 0 Å². The molecular formula is C23H34N2. The number of nitrogens with one attached hydrogen (secondary N) is 2. The smallest absolute Gasteiger partial charge is 0.00791 e. The Hall–Kier alpha value is -1.64. The molecule has 2 rings (SSSR count). The third-order valence-electron chi connectivity index (χ3n) is 4.61. The molecule has 0 unspecified atom stereocenters. The number of hydrogen-bond donors (Lipinski definition) is 2. The van der Waals surface area contributed by atoms with Gasteiger partial charge in [-0.05, 0) is 63.7 Å². The second kappa shape index (κ2) is 11.8. The quantitative estimate of drug-likeness (QED) is 0.553. The summed E-state index contributed by atoms with van der Waals surface area (Å²) in [5.74, 6) is 0. The van der Waals surface area contributed by atoms with E-state index in [2.05, 4.69) is 85.1 Å².